The number of methoxy groups -OCH3 is 4. The van der Waals surface area contributed by atoms with Crippen molar-refractivity contribution in [3.05, 3.63) is 146 Å². The van der Waals surface area contributed by atoms with Crippen LogP contribution in [-0.2, 0) is 41.1 Å². The maximum absolute atomic E-state index is 14.5. The minimum absolute atomic E-state index is 0. The molecule has 0 saturated heterocycles. The van der Waals surface area contributed by atoms with E-state index in [0.29, 0.717) is 15.2 Å². The van der Waals surface area contributed by atoms with E-state index in [1.165, 1.54) is 70.9 Å². The summed E-state index contributed by atoms with van der Waals surface area (Å²) < 4.78 is 153. The first kappa shape index (κ1) is 72.5. The number of esters is 2. The number of pyridine rings is 2. The van der Waals surface area contributed by atoms with E-state index in [1.807, 2.05) is 41.6 Å². The molecule has 4 aromatic carbocycles. The van der Waals surface area contributed by atoms with Crippen molar-refractivity contribution in [1.29, 1.82) is 0 Å². The first-order valence-corrected chi connectivity index (χ1v) is 26.8. The molecule has 9 rings (SSSR count). The molecule has 3 heterocycles. The average Bonchev–Trinajstić information content (AvgIpc) is 1.29. The van der Waals surface area contributed by atoms with Gasteiger partial charge in [0.25, 0.3) is 6.47 Å². The maximum Gasteiger partial charge on any atom is 1.00 e. The van der Waals surface area contributed by atoms with Crippen molar-refractivity contribution in [2.24, 2.45) is 23.7 Å². The van der Waals surface area contributed by atoms with Gasteiger partial charge in [-0.05, 0) is 156 Å². The van der Waals surface area contributed by atoms with Crippen molar-refractivity contribution in [3.63, 3.8) is 0 Å². The van der Waals surface area contributed by atoms with Crippen molar-refractivity contribution < 1.29 is 237 Å². The van der Waals surface area contributed by atoms with Gasteiger partial charge in [0.15, 0.2) is 29.0 Å². The standard InChI is InChI=1S/C29H28F4INO5.C29H27F4NO5.CH2O3.2Cs.H/c1-15(28(37)39-3)26(16-4-5-16)17-6-10-22(34)24(12-17)40-25(14-36)19-8-11-23(35-27(19)29(31,32)33)20-13-18(38-2)7-9-21(20)30;1-15(28(35)37-3)26(16-4-5-16)17-6-11-23-24(12-17)39-25(14-38-23)19-8-10-22(34-27(19)29(31,32)33)20-13-18(36-2)7-9-21(20)30;2-1-4-3;;;/h6-13,15-16,25-26,36H,4-5,14H2,1-3H3;6-13,15-16,25-26H,4-5,14H2,1-3H3;1,3H;;;/q;;;2*+1;-1/p-1/t2*15-,25-,26-;;;;/m00..../s1. The van der Waals surface area contributed by atoms with Crippen molar-refractivity contribution >= 4 is 41.0 Å². The molecule has 446 valence electrons. The van der Waals surface area contributed by atoms with Crippen LogP contribution < -0.4 is 167 Å². The molecule has 2 fully saturated rings. The van der Waals surface area contributed by atoms with Crippen LogP contribution in [0.4, 0.5) is 35.1 Å². The number of ether oxygens (including phenoxy) is 7. The summed E-state index contributed by atoms with van der Waals surface area (Å²) in [6, 6.07) is 23.0. The van der Waals surface area contributed by atoms with E-state index in [1.54, 1.807) is 31.2 Å². The summed E-state index contributed by atoms with van der Waals surface area (Å²) in [4.78, 5) is 43.4. The van der Waals surface area contributed by atoms with Gasteiger partial charge in [-0.15, -0.1) is 0 Å². The minimum atomic E-state index is -4.92. The second-order valence-electron chi connectivity index (χ2n) is 19.6. The Morgan fingerprint density at radius 3 is 1.65 bits per heavy atom. The molecule has 0 bridgehead atoms. The Bertz CT molecular complexity index is 3290. The van der Waals surface area contributed by atoms with E-state index in [9.17, 15) is 49.8 Å². The number of carbonyl (C=O) groups excluding carboxylic acids is 3. The number of nitrogens with zero attached hydrogens (tertiary/aromatic N) is 2. The summed E-state index contributed by atoms with van der Waals surface area (Å²) in [5.74, 6) is -1.18. The zero-order valence-electron chi connectivity index (χ0n) is 48.3. The molecule has 1 N–H and O–H groups in total. The van der Waals surface area contributed by atoms with Gasteiger partial charge in [-0.25, -0.2) is 18.7 Å². The second-order valence-corrected chi connectivity index (χ2v) is 20.8. The zero-order valence-corrected chi connectivity index (χ0v) is 62.0. The molecule has 1 aliphatic heterocycles. The first-order chi connectivity index (χ1) is 39.5. The van der Waals surface area contributed by atoms with Crippen LogP contribution in [0.2, 0.25) is 0 Å². The predicted octanol–water partition coefficient (Wildman–Crippen LogP) is 6.22. The van der Waals surface area contributed by atoms with Gasteiger partial charge in [-0.3, -0.25) is 14.4 Å². The fourth-order valence-electron chi connectivity index (χ4n) is 10.0. The molecule has 85 heavy (non-hydrogen) atoms. The van der Waals surface area contributed by atoms with Crippen LogP contribution in [0.15, 0.2) is 97.1 Å². The van der Waals surface area contributed by atoms with Crippen molar-refractivity contribution in [2.75, 3.05) is 41.7 Å². The third-order valence-electron chi connectivity index (χ3n) is 14.3. The molecule has 0 spiro atoms. The number of fused-ring (bicyclic) bond motifs is 1. The molecule has 15 nitrogen and oxygen atoms in total. The molecule has 2 saturated carbocycles. The van der Waals surface area contributed by atoms with Gasteiger partial charge in [-0.1, -0.05) is 38.1 Å². The number of alkyl halides is 6. The first-order valence-electron chi connectivity index (χ1n) is 25.7. The molecule has 0 amide bonds. The predicted molar refractivity (Wildman–Crippen MR) is 289 cm³/mol. The molecular formula is C59H57Cs2F8IN2O13. The molecule has 2 aromatic heterocycles. The fourth-order valence-corrected chi connectivity index (χ4v) is 10.5. The Morgan fingerprint density at radius 2 is 1.19 bits per heavy atom. The minimum Gasteiger partial charge on any atom is -1.00 e. The van der Waals surface area contributed by atoms with E-state index in [2.05, 4.69) is 14.9 Å². The number of halogens is 9. The number of rotatable bonds is 18. The summed E-state index contributed by atoms with van der Waals surface area (Å²) in [6.45, 7) is 2.47. The SMILES string of the molecule is COC(=O)[C@@H](C)[C@H](c1ccc(I)c(O[C@@H](CO)c2ccc(-c3cc(OC)ccc3F)nc2C(F)(F)F)c1)C1CC1.COC(=O)[C@@H](C)[C@H](c1ccc2c(c1)O[C@H](c1ccc(-c3cc(OC)ccc3F)nc1C(F)(F)F)CO2)C1CC1.O=CO[O-].[Cs+].[Cs+].[H-]. The number of hydrogen-bond donors (Lipinski definition) is 1. The quantitative estimate of drug-likeness (QED) is 0.0254. The van der Waals surface area contributed by atoms with E-state index >= 15 is 0 Å². The third kappa shape index (κ3) is 18.5. The Balaban J connectivity index is 0.000000336. The number of hydrogen-bond acceptors (Lipinski definition) is 15. The number of aliphatic hydroxyl groups excluding tert-OH is 1. The van der Waals surface area contributed by atoms with Crippen LogP contribution in [-0.4, -0.2) is 75.1 Å². The average molecular weight is 1550 g/mol. The maximum atomic E-state index is 14.5. The normalized spacial score (nSPS) is 16.0. The van der Waals surface area contributed by atoms with Gasteiger partial charge in [0, 0.05) is 22.3 Å². The molecule has 6 aromatic rings. The largest absolute Gasteiger partial charge is 1.00 e. The zero-order chi connectivity index (χ0) is 60.5. The van der Waals surface area contributed by atoms with Crippen LogP contribution in [0.25, 0.3) is 22.5 Å². The van der Waals surface area contributed by atoms with Crippen molar-refractivity contribution in [1.82, 2.24) is 9.97 Å². The van der Waals surface area contributed by atoms with Gasteiger partial charge in [0.1, 0.15) is 41.6 Å². The van der Waals surface area contributed by atoms with E-state index in [0.717, 1.165) is 55.0 Å². The van der Waals surface area contributed by atoms with Crippen LogP contribution in [0, 0.1) is 38.9 Å². The number of carbonyl (C=O) groups is 3. The summed E-state index contributed by atoms with van der Waals surface area (Å²) >= 11 is 2.00. The van der Waals surface area contributed by atoms with Crippen LogP contribution in [0.1, 0.15) is 98.6 Å². The fraction of sp³-hybridized carbons (Fsp3) is 0.373. The van der Waals surface area contributed by atoms with Crippen LogP contribution in [0.3, 0.4) is 0 Å². The Hall–Kier alpha value is -3.22. The van der Waals surface area contributed by atoms with Crippen molar-refractivity contribution in [3.8, 4) is 51.3 Å². The van der Waals surface area contributed by atoms with Gasteiger partial charge in [-0.2, -0.15) is 26.3 Å². The number of aromatic nitrogens is 2. The molecule has 0 unspecified atom stereocenters. The molecular weight excluding hydrogens is 1490 g/mol. The second kappa shape index (κ2) is 32.5. The summed E-state index contributed by atoms with van der Waals surface area (Å²) in [5, 5.41) is 18.6. The van der Waals surface area contributed by atoms with Gasteiger partial charge in [0.05, 0.1) is 61.8 Å². The van der Waals surface area contributed by atoms with Crippen LogP contribution in [0.5, 0.6) is 28.7 Å². The van der Waals surface area contributed by atoms with E-state index in [-0.39, 0.29) is 233 Å². The molecule has 26 heteroatoms. The monoisotopic (exact) mass is 1550 g/mol. The summed E-state index contributed by atoms with van der Waals surface area (Å²) in [5.41, 5.74) is -2.20. The molecule has 2 aliphatic carbocycles. The van der Waals surface area contributed by atoms with Gasteiger partial charge in [0.2, 0.25) is 0 Å². The van der Waals surface area contributed by atoms with Gasteiger partial charge < -0.3 is 49.8 Å². The Labute approximate surface area is 617 Å². The Kier molecular flexibility index (Phi) is 27.7. The topological polar surface area (TPSA) is 194 Å². The van der Waals surface area contributed by atoms with Crippen molar-refractivity contribution in [2.45, 2.75) is 75.9 Å². The molecule has 6 atom stereocenters. The van der Waals surface area contributed by atoms with Gasteiger partial charge >= 0.3 is 162 Å². The third-order valence-corrected chi connectivity index (χ3v) is 15.2. The summed E-state index contributed by atoms with van der Waals surface area (Å²) in [7, 11) is 5.41. The summed E-state index contributed by atoms with van der Waals surface area (Å²) in [6.07, 6.45) is -8.43. The smallest absolute Gasteiger partial charge is 1.00 e. The number of aliphatic hydroxyl groups is 1. The van der Waals surface area contributed by atoms with Crippen LogP contribution >= 0.6 is 22.6 Å². The van der Waals surface area contributed by atoms with E-state index < -0.39 is 71.6 Å². The molecule has 3 aliphatic rings. The van der Waals surface area contributed by atoms with E-state index in [4.69, 9.17) is 43.2 Å². The number of benzene rings is 4. The Morgan fingerprint density at radius 1 is 0.706 bits per heavy atom. The molecule has 0 radical (unpaired) electrons.